The number of nitrogens with one attached hydrogen (secondary N) is 1. The van der Waals surface area contributed by atoms with E-state index in [2.05, 4.69) is 5.32 Å². The molecule has 0 unspecified atom stereocenters. The molecule has 3 rings (SSSR count). The van der Waals surface area contributed by atoms with Crippen molar-refractivity contribution in [1.82, 2.24) is 10.2 Å². The first-order valence-electron chi connectivity index (χ1n) is 9.67. The standard InChI is InChI=1S/C22H24F2N2O3/c1-3-25-21(27)15-4-8-17(12-15)26(2)22(28)29-18-9-5-14(6-10-18)19-11-7-16(23)13-20(19)24/h5-7,9-11,13,15,17H,3-4,8,12H2,1-2H3,(H,25,27)/t15-,17+/m0/s1. The predicted octanol–water partition coefficient (Wildman–Crippen LogP) is 4.37. The van der Waals surface area contributed by atoms with Crippen LogP contribution in [0.25, 0.3) is 11.1 Å². The highest BCUT2D eigenvalue weighted by molar-refractivity contribution is 5.79. The van der Waals surface area contributed by atoms with Crippen LogP contribution in [0.2, 0.25) is 0 Å². The molecule has 2 amide bonds. The molecule has 154 valence electrons. The van der Waals surface area contributed by atoms with Gasteiger partial charge in [0, 0.05) is 37.2 Å². The van der Waals surface area contributed by atoms with Gasteiger partial charge < -0.3 is 15.0 Å². The second kappa shape index (κ2) is 9.03. The van der Waals surface area contributed by atoms with Gasteiger partial charge in [-0.15, -0.1) is 0 Å². The summed E-state index contributed by atoms with van der Waals surface area (Å²) in [6.07, 6.45) is 1.59. The fourth-order valence-electron chi connectivity index (χ4n) is 3.61. The Morgan fingerprint density at radius 2 is 1.86 bits per heavy atom. The largest absolute Gasteiger partial charge is 0.415 e. The smallest absolute Gasteiger partial charge is 0.410 e. The zero-order chi connectivity index (χ0) is 21.0. The number of carbonyl (C=O) groups excluding carboxylic acids is 2. The van der Waals surface area contributed by atoms with Crippen molar-refractivity contribution in [2.45, 2.75) is 32.2 Å². The minimum absolute atomic E-state index is 0.0281. The van der Waals surface area contributed by atoms with E-state index < -0.39 is 17.7 Å². The molecule has 1 aliphatic carbocycles. The van der Waals surface area contributed by atoms with Gasteiger partial charge in [0.05, 0.1) is 0 Å². The molecule has 0 heterocycles. The normalized spacial score (nSPS) is 18.3. The molecule has 1 saturated carbocycles. The molecular formula is C22H24F2N2O3. The predicted molar refractivity (Wildman–Crippen MR) is 105 cm³/mol. The Labute approximate surface area is 168 Å². The molecule has 1 aliphatic rings. The molecule has 0 aliphatic heterocycles. The van der Waals surface area contributed by atoms with E-state index >= 15 is 0 Å². The number of benzene rings is 2. The third-order valence-corrected chi connectivity index (χ3v) is 5.26. The van der Waals surface area contributed by atoms with Gasteiger partial charge in [0.15, 0.2) is 0 Å². The summed E-state index contributed by atoms with van der Waals surface area (Å²) in [6.45, 7) is 2.47. The summed E-state index contributed by atoms with van der Waals surface area (Å²) in [7, 11) is 1.66. The molecule has 1 N–H and O–H groups in total. The zero-order valence-corrected chi connectivity index (χ0v) is 16.5. The molecule has 29 heavy (non-hydrogen) atoms. The van der Waals surface area contributed by atoms with Gasteiger partial charge in [-0.05, 0) is 56.0 Å². The summed E-state index contributed by atoms with van der Waals surface area (Å²) in [5, 5.41) is 2.82. The molecule has 0 spiro atoms. The van der Waals surface area contributed by atoms with E-state index in [1.54, 1.807) is 31.3 Å². The maximum absolute atomic E-state index is 13.9. The summed E-state index contributed by atoms with van der Waals surface area (Å²) in [5.74, 6) is -1.02. The van der Waals surface area contributed by atoms with Gasteiger partial charge in [-0.1, -0.05) is 12.1 Å². The van der Waals surface area contributed by atoms with Crippen LogP contribution in [-0.2, 0) is 4.79 Å². The molecule has 2 aromatic rings. The van der Waals surface area contributed by atoms with Crippen LogP contribution >= 0.6 is 0 Å². The van der Waals surface area contributed by atoms with Gasteiger partial charge in [-0.2, -0.15) is 0 Å². The van der Waals surface area contributed by atoms with Crippen LogP contribution in [0.4, 0.5) is 13.6 Å². The lowest BCUT2D eigenvalue weighted by Gasteiger charge is -2.23. The lowest BCUT2D eigenvalue weighted by Crippen LogP contribution is -2.38. The second-order valence-electron chi connectivity index (χ2n) is 7.19. The first-order chi connectivity index (χ1) is 13.9. The van der Waals surface area contributed by atoms with Crippen molar-refractivity contribution in [2.24, 2.45) is 5.92 Å². The fourth-order valence-corrected chi connectivity index (χ4v) is 3.61. The number of carbonyl (C=O) groups is 2. The molecular weight excluding hydrogens is 378 g/mol. The Morgan fingerprint density at radius 3 is 2.52 bits per heavy atom. The molecule has 2 aromatic carbocycles. The Kier molecular flexibility index (Phi) is 6.46. The minimum atomic E-state index is -0.655. The summed E-state index contributed by atoms with van der Waals surface area (Å²) in [4.78, 5) is 25.9. The molecule has 1 fully saturated rings. The Morgan fingerprint density at radius 1 is 1.14 bits per heavy atom. The van der Waals surface area contributed by atoms with Gasteiger partial charge in [-0.25, -0.2) is 13.6 Å². The minimum Gasteiger partial charge on any atom is -0.410 e. The van der Waals surface area contributed by atoms with Crippen LogP contribution in [0.15, 0.2) is 42.5 Å². The van der Waals surface area contributed by atoms with E-state index in [0.717, 1.165) is 18.9 Å². The van der Waals surface area contributed by atoms with Crippen LogP contribution in [-0.4, -0.2) is 36.5 Å². The van der Waals surface area contributed by atoms with Gasteiger partial charge in [0.2, 0.25) is 5.91 Å². The lowest BCUT2D eigenvalue weighted by atomic mass is 10.1. The van der Waals surface area contributed by atoms with Gasteiger partial charge in [-0.3, -0.25) is 4.79 Å². The van der Waals surface area contributed by atoms with Crippen LogP contribution in [0.1, 0.15) is 26.2 Å². The number of amides is 2. The van der Waals surface area contributed by atoms with Crippen molar-refractivity contribution in [3.8, 4) is 16.9 Å². The monoisotopic (exact) mass is 402 g/mol. The van der Waals surface area contributed by atoms with Gasteiger partial charge in [0.25, 0.3) is 0 Å². The topological polar surface area (TPSA) is 58.6 Å². The molecule has 2 atom stereocenters. The lowest BCUT2D eigenvalue weighted by molar-refractivity contribution is -0.124. The van der Waals surface area contributed by atoms with Crippen LogP contribution in [0, 0.1) is 17.6 Å². The highest BCUT2D eigenvalue weighted by Gasteiger charge is 2.34. The number of rotatable bonds is 5. The van der Waals surface area contributed by atoms with Gasteiger partial charge >= 0.3 is 6.09 Å². The average molecular weight is 402 g/mol. The van der Waals surface area contributed by atoms with E-state index in [9.17, 15) is 18.4 Å². The van der Waals surface area contributed by atoms with Crippen molar-refractivity contribution in [2.75, 3.05) is 13.6 Å². The van der Waals surface area contributed by atoms with Crippen molar-refractivity contribution in [1.29, 1.82) is 0 Å². The van der Waals surface area contributed by atoms with E-state index in [1.165, 1.54) is 17.0 Å². The van der Waals surface area contributed by atoms with E-state index in [1.807, 2.05) is 6.92 Å². The Balaban J connectivity index is 1.60. The summed E-state index contributed by atoms with van der Waals surface area (Å²) in [5.41, 5.74) is 0.819. The summed E-state index contributed by atoms with van der Waals surface area (Å²) in [6, 6.07) is 9.68. The number of ether oxygens (including phenoxy) is 1. The van der Waals surface area contributed by atoms with E-state index in [0.29, 0.717) is 24.3 Å². The third-order valence-electron chi connectivity index (χ3n) is 5.26. The SMILES string of the molecule is CCNC(=O)[C@H]1CC[C@@H](N(C)C(=O)Oc2ccc(-c3ccc(F)cc3F)cc2)C1. The highest BCUT2D eigenvalue weighted by atomic mass is 19.1. The quantitative estimate of drug-likeness (QED) is 0.808. The van der Waals surface area contributed by atoms with E-state index in [4.69, 9.17) is 4.74 Å². The molecule has 5 nitrogen and oxygen atoms in total. The summed E-state index contributed by atoms with van der Waals surface area (Å²) >= 11 is 0. The van der Waals surface area contributed by atoms with Gasteiger partial charge in [0.1, 0.15) is 17.4 Å². The Hall–Kier alpha value is -2.96. The zero-order valence-electron chi connectivity index (χ0n) is 16.5. The molecule has 7 heteroatoms. The molecule has 0 bridgehead atoms. The van der Waals surface area contributed by atoms with Crippen molar-refractivity contribution < 1.29 is 23.1 Å². The second-order valence-corrected chi connectivity index (χ2v) is 7.19. The molecule has 0 saturated heterocycles. The van der Waals surface area contributed by atoms with Crippen molar-refractivity contribution >= 4 is 12.0 Å². The number of hydrogen-bond donors (Lipinski definition) is 1. The van der Waals surface area contributed by atoms with Crippen LogP contribution < -0.4 is 10.1 Å². The average Bonchev–Trinajstić information content (AvgIpc) is 3.19. The van der Waals surface area contributed by atoms with E-state index in [-0.39, 0.29) is 23.4 Å². The number of hydrogen-bond acceptors (Lipinski definition) is 3. The van der Waals surface area contributed by atoms with Crippen molar-refractivity contribution in [3.63, 3.8) is 0 Å². The molecule has 0 aromatic heterocycles. The fraction of sp³-hybridized carbons (Fsp3) is 0.364. The maximum atomic E-state index is 13.9. The first-order valence-corrected chi connectivity index (χ1v) is 9.67. The third kappa shape index (κ3) is 4.91. The molecule has 0 radical (unpaired) electrons. The summed E-state index contributed by atoms with van der Waals surface area (Å²) < 4.78 is 32.4. The Bertz CT molecular complexity index is 886. The maximum Gasteiger partial charge on any atom is 0.415 e. The highest BCUT2D eigenvalue weighted by Crippen LogP contribution is 2.30. The number of nitrogens with zero attached hydrogens (tertiary/aromatic N) is 1. The number of halogens is 2. The van der Waals surface area contributed by atoms with Crippen molar-refractivity contribution in [3.05, 3.63) is 54.1 Å². The van der Waals surface area contributed by atoms with Crippen LogP contribution in [0.5, 0.6) is 5.75 Å². The van der Waals surface area contributed by atoms with Crippen LogP contribution in [0.3, 0.4) is 0 Å². The first kappa shape index (κ1) is 20.8.